The summed E-state index contributed by atoms with van der Waals surface area (Å²) in [5.74, 6) is 0.128. The van der Waals surface area contributed by atoms with Gasteiger partial charge in [0.05, 0.1) is 0 Å². The van der Waals surface area contributed by atoms with Crippen molar-refractivity contribution in [3.63, 3.8) is 0 Å². The number of benzene rings is 1. The summed E-state index contributed by atoms with van der Waals surface area (Å²) in [5.41, 5.74) is 1.73. The van der Waals surface area contributed by atoms with Crippen LogP contribution in [0, 0.1) is 6.92 Å². The third kappa shape index (κ3) is 2.57. The predicted molar refractivity (Wildman–Crippen MR) is 81.3 cm³/mol. The van der Waals surface area contributed by atoms with Gasteiger partial charge in [0.2, 0.25) is 0 Å². The lowest BCUT2D eigenvalue weighted by atomic mass is 10.0. The van der Waals surface area contributed by atoms with E-state index in [0.717, 1.165) is 31.5 Å². The highest BCUT2D eigenvalue weighted by Crippen LogP contribution is 2.27. The van der Waals surface area contributed by atoms with Crippen LogP contribution in [0.4, 0.5) is 0 Å². The zero-order chi connectivity index (χ0) is 14.1. The second-order valence-electron chi connectivity index (χ2n) is 5.87. The highest BCUT2D eigenvalue weighted by molar-refractivity contribution is 6.31. The molecule has 3 nitrogen and oxygen atoms in total. The summed E-state index contributed by atoms with van der Waals surface area (Å²) in [6.07, 6.45) is 4.62. The number of rotatable bonds is 2. The number of hydrogen-bond donors (Lipinski definition) is 1. The Balaban J connectivity index is 1.79. The first-order valence-electron chi connectivity index (χ1n) is 7.47. The average molecular weight is 293 g/mol. The van der Waals surface area contributed by atoms with Crippen molar-refractivity contribution >= 4 is 17.5 Å². The Morgan fingerprint density at radius 2 is 2.20 bits per heavy atom. The number of nitrogens with zero attached hydrogens (tertiary/aromatic N) is 1. The van der Waals surface area contributed by atoms with Crippen molar-refractivity contribution in [2.24, 2.45) is 0 Å². The molecule has 2 atom stereocenters. The second-order valence-corrected chi connectivity index (χ2v) is 6.28. The van der Waals surface area contributed by atoms with Crippen molar-refractivity contribution in [3.05, 3.63) is 34.3 Å². The van der Waals surface area contributed by atoms with Gasteiger partial charge in [-0.2, -0.15) is 0 Å². The Morgan fingerprint density at radius 1 is 1.35 bits per heavy atom. The van der Waals surface area contributed by atoms with Crippen LogP contribution >= 0.6 is 11.6 Å². The molecule has 108 valence electrons. The predicted octanol–water partition coefficient (Wildman–Crippen LogP) is 3.01. The lowest BCUT2D eigenvalue weighted by Gasteiger charge is -2.29. The molecular weight excluding hydrogens is 272 g/mol. The molecular formula is C16H21ClN2O. The van der Waals surface area contributed by atoms with Gasteiger partial charge in [0.25, 0.3) is 5.91 Å². The first-order valence-corrected chi connectivity index (χ1v) is 7.85. The zero-order valence-corrected chi connectivity index (χ0v) is 12.6. The highest BCUT2D eigenvalue weighted by atomic mass is 35.5. The van der Waals surface area contributed by atoms with Crippen molar-refractivity contribution in [2.75, 3.05) is 13.1 Å². The maximum Gasteiger partial charge on any atom is 0.254 e. The molecule has 2 heterocycles. The van der Waals surface area contributed by atoms with Crippen LogP contribution < -0.4 is 5.32 Å². The number of carbonyl (C=O) groups excluding carboxylic acids is 1. The Labute approximate surface area is 125 Å². The second kappa shape index (κ2) is 5.74. The molecule has 1 amide bonds. The van der Waals surface area contributed by atoms with Crippen molar-refractivity contribution in [3.8, 4) is 0 Å². The van der Waals surface area contributed by atoms with Crippen LogP contribution in [0.25, 0.3) is 0 Å². The maximum absolute atomic E-state index is 12.7. The molecule has 20 heavy (non-hydrogen) atoms. The number of amides is 1. The Hall–Kier alpha value is -1.06. The number of hydrogen-bond acceptors (Lipinski definition) is 2. The van der Waals surface area contributed by atoms with Gasteiger partial charge < -0.3 is 10.2 Å². The summed E-state index contributed by atoms with van der Waals surface area (Å²) < 4.78 is 0. The fraction of sp³-hybridized carbons (Fsp3) is 0.562. The summed E-state index contributed by atoms with van der Waals surface area (Å²) in [5, 5.41) is 4.21. The first kappa shape index (κ1) is 13.9. The number of likely N-dealkylation sites (tertiary alicyclic amines) is 1. The summed E-state index contributed by atoms with van der Waals surface area (Å²) in [6.45, 7) is 3.91. The van der Waals surface area contributed by atoms with E-state index in [2.05, 4.69) is 5.32 Å². The van der Waals surface area contributed by atoms with Gasteiger partial charge in [0, 0.05) is 29.2 Å². The summed E-state index contributed by atoms with van der Waals surface area (Å²) in [7, 11) is 0. The van der Waals surface area contributed by atoms with E-state index >= 15 is 0 Å². The Morgan fingerprint density at radius 3 is 2.90 bits per heavy atom. The third-order valence-corrected chi connectivity index (χ3v) is 4.95. The van der Waals surface area contributed by atoms with Crippen LogP contribution in [0.15, 0.2) is 18.2 Å². The van der Waals surface area contributed by atoms with Crippen LogP contribution in [-0.2, 0) is 0 Å². The fourth-order valence-corrected chi connectivity index (χ4v) is 3.58. The van der Waals surface area contributed by atoms with Gasteiger partial charge in [-0.25, -0.2) is 0 Å². The molecule has 2 aliphatic rings. The topological polar surface area (TPSA) is 32.3 Å². The van der Waals surface area contributed by atoms with Crippen LogP contribution in [0.1, 0.15) is 41.6 Å². The summed E-state index contributed by atoms with van der Waals surface area (Å²) >= 11 is 6.15. The number of nitrogens with one attached hydrogen (secondary N) is 1. The SMILES string of the molecule is Cc1ccc(C(=O)N2CCCC2C2CCCN2)cc1Cl. The van der Waals surface area contributed by atoms with Gasteiger partial charge in [0.1, 0.15) is 0 Å². The van der Waals surface area contributed by atoms with E-state index in [9.17, 15) is 4.79 Å². The van der Waals surface area contributed by atoms with Crippen molar-refractivity contribution in [1.29, 1.82) is 0 Å². The smallest absolute Gasteiger partial charge is 0.254 e. The normalized spacial score (nSPS) is 26.2. The molecule has 0 aromatic heterocycles. The van der Waals surface area contributed by atoms with Gasteiger partial charge in [0.15, 0.2) is 0 Å². The molecule has 0 aliphatic carbocycles. The summed E-state index contributed by atoms with van der Waals surface area (Å²) in [6, 6.07) is 6.44. The molecule has 1 aromatic rings. The van der Waals surface area contributed by atoms with Gasteiger partial charge >= 0.3 is 0 Å². The molecule has 0 saturated carbocycles. The molecule has 2 unspecified atom stereocenters. The fourth-order valence-electron chi connectivity index (χ4n) is 3.39. The quantitative estimate of drug-likeness (QED) is 0.909. The van der Waals surface area contributed by atoms with Crippen LogP contribution in [0.3, 0.4) is 0 Å². The van der Waals surface area contributed by atoms with Crippen molar-refractivity contribution in [1.82, 2.24) is 10.2 Å². The minimum absolute atomic E-state index is 0.128. The van der Waals surface area contributed by atoms with Gasteiger partial charge in [-0.15, -0.1) is 0 Å². The third-order valence-electron chi connectivity index (χ3n) is 4.54. The first-order chi connectivity index (χ1) is 9.66. The molecule has 1 aromatic carbocycles. The molecule has 0 radical (unpaired) electrons. The van der Waals surface area contributed by atoms with Crippen molar-refractivity contribution in [2.45, 2.75) is 44.7 Å². The molecule has 2 saturated heterocycles. The summed E-state index contributed by atoms with van der Waals surface area (Å²) in [4.78, 5) is 14.8. The minimum atomic E-state index is 0.128. The highest BCUT2D eigenvalue weighted by Gasteiger charge is 2.36. The van der Waals surface area contributed by atoms with E-state index in [0.29, 0.717) is 22.7 Å². The standard InChI is InChI=1S/C16H21ClN2O/c1-11-6-7-12(10-13(11)17)16(20)19-9-3-5-15(19)14-4-2-8-18-14/h6-7,10,14-15,18H,2-5,8-9H2,1H3. The Kier molecular flexibility index (Phi) is 3.99. The molecule has 0 spiro atoms. The number of halogens is 1. The number of carbonyl (C=O) groups is 1. The van der Waals surface area contributed by atoms with Crippen LogP contribution in [0.5, 0.6) is 0 Å². The minimum Gasteiger partial charge on any atom is -0.334 e. The molecule has 1 N–H and O–H groups in total. The molecule has 3 rings (SSSR count). The molecule has 2 aliphatic heterocycles. The van der Waals surface area contributed by atoms with E-state index < -0.39 is 0 Å². The molecule has 4 heteroatoms. The lowest BCUT2D eigenvalue weighted by molar-refractivity contribution is 0.0711. The largest absolute Gasteiger partial charge is 0.334 e. The lowest BCUT2D eigenvalue weighted by Crippen LogP contribution is -2.46. The van der Waals surface area contributed by atoms with Crippen molar-refractivity contribution < 1.29 is 4.79 Å². The maximum atomic E-state index is 12.7. The molecule has 2 fully saturated rings. The monoisotopic (exact) mass is 292 g/mol. The van der Waals surface area contributed by atoms with E-state index in [1.54, 1.807) is 6.07 Å². The average Bonchev–Trinajstić information content (AvgIpc) is 3.10. The Bertz CT molecular complexity index is 511. The molecule has 0 bridgehead atoms. The van der Waals surface area contributed by atoms with Gasteiger partial charge in [-0.05, 0) is 56.8 Å². The van der Waals surface area contributed by atoms with Crippen LogP contribution in [-0.4, -0.2) is 36.0 Å². The van der Waals surface area contributed by atoms with Gasteiger partial charge in [-0.3, -0.25) is 4.79 Å². The van der Waals surface area contributed by atoms with Gasteiger partial charge in [-0.1, -0.05) is 17.7 Å². The zero-order valence-electron chi connectivity index (χ0n) is 11.9. The van der Waals surface area contributed by atoms with E-state index in [4.69, 9.17) is 11.6 Å². The number of aryl methyl sites for hydroxylation is 1. The van der Waals surface area contributed by atoms with E-state index in [1.807, 2.05) is 24.0 Å². The van der Waals surface area contributed by atoms with E-state index in [1.165, 1.54) is 12.8 Å². The van der Waals surface area contributed by atoms with Crippen LogP contribution in [0.2, 0.25) is 5.02 Å². The van der Waals surface area contributed by atoms with E-state index in [-0.39, 0.29) is 5.91 Å².